The number of benzene rings is 1. The third-order valence-corrected chi connectivity index (χ3v) is 3.82. The highest BCUT2D eigenvalue weighted by atomic mass is 19.1. The number of aliphatic carboxylic acids is 1. The molecule has 0 radical (unpaired) electrons. The van der Waals surface area contributed by atoms with Crippen LogP contribution in [0.3, 0.4) is 0 Å². The van der Waals surface area contributed by atoms with Crippen molar-refractivity contribution in [2.24, 2.45) is 0 Å². The summed E-state index contributed by atoms with van der Waals surface area (Å²) in [5.41, 5.74) is -0.0740. The molecule has 1 saturated heterocycles. The predicted octanol–water partition coefficient (Wildman–Crippen LogP) is 1.95. The molecule has 2 rings (SSSR count). The molecular formula is C15H18FNO3. The highest BCUT2D eigenvalue weighted by Gasteiger charge is 2.46. The second-order valence-electron chi connectivity index (χ2n) is 5.26. The summed E-state index contributed by atoms with van der Waals surface area (Å²) < 4.78 is 13.9. The number of alkyl halides is 1. The van der Waals surface area contributed by atoms with E-state index in [1.165, 1.54) is 4.90 Å². The lowest BCUT2D eigenvalue weighted by Crippen LogP contribution is -2.39. The van der Waals surface area contributed by atoms with E-state index in [1.54, 1.807) is 0 Å². The molecule has 0 aromatic heterocycles. The van der Waals surface area contributed by atoms with Crippen LogP contribution in [0.15, 0.2) is 24.3 Å². The third kappa shape index (κ3) is 2.98. The number of carboxylic acid groups (broad SMARTS) is 1. The highest BCUT2D eigenvalue weighted by molar-refractivity contribution is 5.82. The van der Waals surface area contributed by atoms with Crippen LogP contribution < -0.4 is 0 Å². The van der Waals surface area contributed by atoms with Crippen molar-refractivity contribution in [1.29, 1.82) is 0 Å². The third-order valence-electron chi connectivity index (χ3n) is 3.82. The van der Waals surface area contributed by atoms with Gasteiger partial charge < -0.3 is 10.0 Å². The molecule has 1 aromatic rings. The Morgan fingerprint density at radius 2 is 2.10 bits per heavy atom. The summed E-state index contributed by atoms with van der Waals surface area (Å²) in [6.07, 6.45) is 0.743. The largest absolute Gasteiger partial charge is 0.479 e. The average Bonchev–Trinajstić information content (AvgIpc) is 2.82. The van der Waals surface area contributed by atoms with Gasteiger partial charge in [-0.3, -0.25) is 4.79 Å². The molecule has 1 N–H and O–H groups in total. The Bertz CT molecular complexity index is 532. The van der Waals surface area contributed by atoms with E-state index in [-0.39, 0.29) is 31.8 Å². The van der Waals surface area contributed by atoms with Crippen LogP contribution >= 0.6 is 0 Å². The molecule has 1 unspecified atom stereocenters. The number of amides is 1. The van der Waals surface area contributed by atoms with Gasteiger partial charge in [-0.1, -0.05) is 24.3 Å². The highest BCUT2D eigenvalue weighted by Crippen LogP contribution is 2.26. The van der Waals surface area contributed by atoms with Gasteiger partial charge in [0, 0.05) is 19.4 Å². The molecule has 1 aromatic carbocycles. The van der Waals surface area contributed by atoms with Crippen LogP contribution in [0.4, 0.5) is 4.39 Å². The number of carboxylic acids is 1. The SMILES string of the molecule is Cc1ccccc1CCC(=O)N1CCC(F)(C(=O)O)C1. The van der Waals surface area contributed by atoms with Gasteiger partial charge in [0.25, 0.3) is 0 Å². The summed E-state index contributed by atoms with van der Waals surface area (Å²) in [6.45, 7) is 1.82. The molecular weight excluding hydrogens is 261 g/mol. The fourth-order valence-corrected chi connectivity index (χ4v) is 2.45. The van der Waals surface area contributed by atoms with E-state index in [9.17, 15) is 14.0 Å². The number of carbonyl (C=O) groups excluding carboxylic acids is 1. The lowest BCUT2D eigenvalue weighted by atomic mass is 10.0. The van der Waals surface area contributed by atoms with Crippen molar-refractivity contribution in [3.8, 4) is 0 Å². The van der Waals surface area contributed by atoms with Crippen LogP contribution in [0.2, 0.25) is 0 Å². The fraction of sp³-hybridized carbons (Fsp3) is 0.467. The Hall–Kier alpha value is -1.91. The molecule has 20 heavy (non-hydrogen) atoms. The van der Waals surface area contributed by atoms with E-state index >= 15 is 0 Å². The van der Waals surface area contributed by atoms with E-state index in [4.69, 9.17) is 5.11 Å². The smallest absolute Gasteiger partial charge is 0.343 e. The summed E-state index contributed by atoms with van der Waals surface area (Å²) in [4.78, 5) is 24.1. The average molecular weight is 279 g/mol. The fourth-order valence-electron chi connectivity index (χ4n) is 2.45. The van der Waals surface area contributed by atoms with Crippen LogP contribution in [-0.2, 0) is 16.0 Å². The van der Waals surface area contributed by atoms with Gasteiger partial charge in [0.05, 0.1) is 6.54 Å². The molecule has 5 heteroatoms. The first-order chi connectivity index (χ1) is 9.42. The van der Waals surface area contributed by atoms with Gasteiger partial charge in [0.1, 0.15) is 0 Å². The lowest BCUT2D eigenvalue weighted by Gasteiger charge is -2.18. The maximum Gasteiger partial charge on any atom is 0.343 e. The van der Waals surface area contributed by atoms with Gasteiger partial charge in [-0.2, -0.15) is 0 Å². The standard InChI is InChI=1S/C15H18FNO3/c1-11-4-2-3-5-12(11)6-7-13(18)17-9-8-15(16,10-17)14(19)20/h2-5H,6-10H2,1H3,(H,19,20). The molecule has 0 saturated carbocycles. The minimum Gasteiger partial charge on any atom is -0.479 e. The molecule has 0 aliphatic carbocycles. The van der Waals surface area contributed by atoms with Gasteiger partial charge in [-0.25, -0.2) is 9.18 Å². The van der Waals surface area contributed by atoms with Crippen molar-refractivity contribution in [3.05, 3.63) is 35.4 Å². The zero-order valence-corrected chi connectivity index (χ0v) is 11.4. The number of carbonyl (C=O) groups is 2. The van der Waals surface area contributed by atoms with Crippen molar-refractivity contribution >= 4 is 11.9 Å². The van der Waals surface area contributed by atoms with Gasteiger partial charge in [-0.05, 0) is 24.5 Å². The Labute approximate surface area is 117 Å². The van der Waals surface area contributed by atoms with E-state index in [2.05, 4.69) is 0 Å². The van der Waals surface area contributed by atoms with Crippen molar-refractivity contribution < 1.29 is 19.1 Å². The summed E-state index contributed by atoms with van der Waals surface area (Å²) >= 11 is 0. The Morgan fingerprint density at radius 3 is 2.70 bits per heavy atom. The first-order valence-electron chi connectivity index (χ1n) is 6.67. The monoisotopic (exact) mass is 279 g/mol. The molecule has 108 valence electrons. The van der Waals surface area contributed by atoms with Crippen LogP contribution in [0.25, 0.3) is 0 Å². The minimum absolute atomic E-state index is 0.127. The number of halogens is 1. The second-order valence-corrected chi connectivity index (χ2v) is 5.26. The van der Waals surface area contributed by atoms with Gasteiger partial charge in [0.15, 0.2) is 0 Å². The summed E-state index contributed by atoms with van der Waals surface area (Å²) in [7, 11) is 0. The summed E-state index contributed by atoms with van der Waals surface area (Å²) in [5.74, 6) is -1.67. The maximum absolute atomic E-state index is 13.9. The Morgan fingerprint density at radius 1 is 1.40 bits per heavy atom. The first kappa shape index (κ1) is 14.5. The van der Waals surface area contributed by atoms with E-state index < -0.39 is 11.6 Å². The number of likely N-dealkylation sites (tertiary alicyclic amines) is 1. The van der Waals surface area contributed by atoms with Gasteiger partial charge in [0.2, 0.25) is 11.6 Å². The Kier molecular flexibility index (Phi) is 4.06. The lowest BCUT2D eigenvalue weighted by molar-refractivity contribution is -0.150. The summed E-state index contributed by atoms with van der Waals surface area (Å²) in [5, 5.41) is 8.80. The molecule has 1 fully saturated rings. The minimum atomic E-state index is -2.28. The van der Waals surface area contributed by atoms with Crippen LogP contribution in [-0.4, -0.2) is 40.6 Å². The quantitative estimate of drug-likeness (QED) is 0.916. The van der Waals surface area contributed by atoms with Crippen LogP contribution in [0.1, 0.15) is 24.0 Å². The molecule has 0 bridgehead atoms. The number of hydrogen-bond donors (Lipinski definition) is 1. The normalized spacial score (nSPS) is 22.0. The zero-order chi connectivity index (χ0) is 14.8. The number of aryl methyl sites for hydroxylation is 2. The molecule has 0 spiro atoms. The van der Waals surface area contributed by atoms with Crippen molar-refractivity contribution in [1.82, 2.24) is 4.90 Å². The predicted molar refractivity (Wildman–Crippen MR) is 72.2 cm³/mol. The van der Waals surface area contributed by atoms with E-state index in [1.807, 2.05) is 31.2 Å². The Balaban J connectivity index is 1.91. The van der Waals surface area contributed by atoms with Crippen molar-refractivity contribution in [2.45, 2.75) is 31.9 Å². The van der Waals surface area contributed by atoms with Crippen LogP contribution in [0, 0.1) is 6.92 Å². The number of nitrogens with zero attached hydrogens (tertiary/aromatic N) is 1. The zero-order valence-electron chi connectivity index (χ0n) is 11.4. The first-order valence-corrected chi connectivity index (χ1v) is 6.67. The number of hydrogen-bond acceptors (Lipinski definition) is 2. The molecule has 1 aliphatic rings. The second kappa shape index (κ2) is 5.61. The van der Waals surface area contributed by atoms with Gasteiger partial charge in [-0.15, -0.1) is 0 Å². The van der Waals surface area contributed by atoms with Crippen molar-refractivity contribution in [2.75, 3.05) is 13.1 Å². The summed E-state index contributed by atoms with van der Waals surface area (Å²) in [6, 6.07) is 7.79. The molecule has 4 nitrogen and oxygen atoms in total. The van der Waals surface area contributed by atoms with Gasteiger partial charge >= 0.3 is 5.97 Å². The van der Waals surface area contributed by atoms with Crippen molar-refractivity contribution in [3.63, 3.8) is 0 Å². The molecule has 1 amide bonds. The van der Waals surface area contributed by atoms with E-state index in [0.29, 0.717) is 6.42 Å². The molecule has 1 heterocycles. The molecule has 1 atom stereocenters. The van der Waals surface area contributed by atoms with Crippen LogP contribution in [0.5, 0.6) is 0 Å². The topological polar surface area (TPSA) is 57.6 Å². The maximum atomic E-state index is 13.9. The number of rotatable bonds is 4. The molecule has 1 aliphatic heterocycles. The van der Waals surface area contributed by atoms with E-state index in [0.717, 1.165) is 11.1 Å².